The number of carbonyl (C=O) groups is 4. The standard InChI is InChI=1S/C9H16N4O5S/c10-5(3-14)1-12-9(18)13-6(4-19)8(17)11-2-7(15)16/h3,5-6,19H,1-2,4,10H2,(H,11,17)(H,15,16)(H2,12,13,18)/t5-,6-/m0/s1. The average molecular weight is 292 g/mol. The lowest BCUT2D eigenvalue weighted by atomic mass is 10.3. The van der Waals surface area contributed by atoms with Crippen molar-refractivity contribution in [2.24, 2.45) is 5.73 Å². The van der Waals surface area contributed by atoms with Gasteiger partial charge in [0.25, 0.3) is 0 Å². The number of carboxylic acid groups (broad SMARTS) is 1. The van der Waals surface area contributed by atoms with Crippen molar-refractivity contribution >= 4 is 36.8 Å². The fourth-order valence-corrected chi connectivity index (χ4v) is 1.21. The van der Waals surface area contributed by atoms with Crippen molar-refractivity contribution in [2.45, 2.75) is 12.1 Å². The number of nitrogens with two attached hydrogens (primary N) is 1. The molecule has 0 radical (unpaired) electrons. The van der Waals surface area contributed by atoms with Gasteiger partial charge in [-0.25, -0.2) is 4.79 Å². The van der Waals surface area contributed by atoms with Gasteiger partial charge in [-0.3, -0.25) is 9.59 Å². The lowest BCUT2D eigenvalue weighted by molar-refractivity contribution is -0.138. The first-order valence-corrected chi connectivity index (χ1v) is 5.89. The SMILES string of the molecule is N[C@H](C=O)CNC(=O)N[C@@H](CS)C(=O)NCC(=O)O. The molecule has 0 aromatic rings. The second-order valence-corrected chi connectivity index (χ2v) is 3.87. The Kier molecular flexibility index (Phi) is 8.29. The number of carboxylic acids is 1. The van der Waals surface area contributed by atoms with Crippen LogP contribution in [0.1, 0.15) is 0 Å². The predicted molar refractivity (Wildman–Crippen MR) is 68.9 cm³/mol. The topological polar surface area (TPSA) is 151 Å². The van der Waals surface area contributed by atoms with Gasteiger partial charge in [0, 0.05) is 12.3 Å². The molecular formula is C9H16N4O5S. The Morgan fingerprint density at radius 2 is 1.95 bits per heavy atom. The molecule has 0 bridgehead atoms. The van der Waals surface area contributed by atoms with Crippen molar-refractivity contribution in [1.29, 1.82) is 0 Å². The summed E-state index contributed by atoms with van der Waals surface area (Å²) >= 11 is 3.87. The van der Waals surface area contributed by atoms with Crippen LogP contribution in [0.5, 0.6) is 0 Å². The highest BCUT2D eigenvalue weighted by molar-refractivity contribution is 7.80. The maximum Gasteiger partial charge on any atom is 0.322 e. The third-order valence-electron chi connectivity index (χ3n) is 1.89. The minimum atomic E-state index is -1.20. The summed E-state index contributed by atoms with van der Waals surface area (Å²) in [6.07, 6.45) is 0.468. The van der Waals surface area contributed by atoms with E-state index in [0.717, 1.165) is 0 Å². The van der Waals surface area contributed by atoms with Crippen molar-refractivity contribution in [3.63, 3.8) is 0 Å². The minimum Gasteiger partial charge on any atom is -0.480 e. The lowest BCUT2D eigenvalue weighted by Gasteiger charge is -2.16. The van der Waals surface area contributed by atoms with E-state index in [-0.39, 0.29) is 12.3 Å². The van der Waals surface area contributed by atoms with E-state index < -0.39 is 36.5 Å². The van der Waals surface area contributed by atoms with Crippen molar-refractivity contribution < 1.29 is 24.3 Å². The van der Waals surface area contributed by atoms with Crippen molar-refractivity contribution in [1.82, 2.24) is 16.0 Å². The normalized spacial score (nSPS) is 12.9. The van der Waals surface area contributed by atoms with E-state index in [9.17, 15) is 19.2 Å². The average Bonchev–Trinajstić information content (AvgIpc) is 2.39. The highest BCUT2D eigenvalue weighted by atomic mass is 32.1. The van der Waals surface area contributed by atoms with E-state index in [1.54, 1.807) is 0 Å². The summed E-state index contributed by atoms with van der Waals surface area (Å²) < 4.78 is 0. The van der Waals surface area contributed by atoms with Crippen LogP contribution in [0.4, 0.5) is 4.79 Å². The number of thiol groups is 1. The molecule has 6 N–H and O–H groups in total. The summed E-state index contributed by atoms with van der Waals surface area (Å²) in [5.41, 5.74) is 5.26. The molecule has 0 aromatic carbocycles. The molecule has 19 heavy (non-hydrogen) atoms. The number of hydrogen-bond donors (Lipinski definition) is 6. The Morgan fingerprint density at radius 1 is 1.32 bits per heavy atom. The fraction of sp³-hybridized carbons (Fsp3) is 0.556. The van der Waals surface area contributed by atoms with Gasteiger partial charge in [0.15, 0.2) is 0 Å². The van der Waals surface area contributed by atoms with Crippen LogP contribution < -0.4 is 21.7 Å². The molecule has 0 aliphatic carbocycles. The maximum absolute atomic E-state index is 11.5. The number of nitrogens with one attached hydrogen (secondary N) is 3. The molecule has 0 fully saturated rings. The first-order valence-electron chi connectivity index (χ1n) is 5.26. The van der Waals surface area contributed by atoms with Crippen LogP contribution in [0.3, 0.4) is 0 Å². The third-order valence-corrected chi connectivity index (χ3v) is 2.26. The summed E-state index contributed by atoms with van der Waals surface area (Å²) in [6, 6.07) is -2.53. The highest BCUT2D eigenvalue weighted by Gasteiger charge is 2.19. The summed E-state index contributed by atoms with van der Waals surface area (Å²) in [5, 5.41) is 15.0. The zero-order valence-electron chi connectivity index (χ0n) is 9.96. The third kappa shape index (κ3) is 8.00. The van der Waals surface area contributed by atoms with Gasteiger partial charge in [0.05, 0.1) is 6.04 Å². The minimum absolute atomic E-state index is 0.0153. The highest BCUT2D eigenvalue weighted by Crippen LogP contribution is 1.89. The molecule has 10 heteroatoms. The van der Waals surface area contributed by atoms with Crippen LogP contribution in [0, 0.1) is 0 Å². The largest absolute Gasteiger partial charge is 0.480 e. The van der Waals surface area contributed by atoms with Crippen LogP contribution in [-0.2, 0) is 14.4 Å². The molecular weight excluding hydrogens is 276 g/mol. The van der Waals surface area contributed by atoms with Crippen LogP contribution >= 0.6 is 12.6 Å². The van der Waals surface area contributed by atoms with E-state index in [2.05, 4.69) is 28.6 Å². The molecule has 2 atom stereocenters. The molecule has 0 unspecified atom stereocenters. The molecule has 0 rings (SSSR count). The summed E-state index contributed by atoms with van der Waals surface area (Å²) in [4.78, 5) is 43.3. The molecule has 0 spiro atoms. The predicted octanol–water partition coefficient (Wildman–Crippen LogP) is -2.69. The zero-order chi connectivity index (χ0) is 14.8. The molecule has 108 valence electrons. The molecule has 0 saturated heterocycles. The van der Waals surface area contributed by atoms with Crippen molar-refractivity contribution in [3.8, 4) is 0 Å². The van der Waals surface area contributed by atoms with Crippen molar-refractivity contribution in [2.75, 3.05) is 18.8 Å². The fourth-order valence-electron chi connectivity index (χ4n) is 0.948. The number of hydrogen-bond acceptors (Lipinski definition) is 6. The number of aldehydes is 1. The van der Waals surface area contributed by atoms with Crippen LogP contribution in [0.25, 0.3) is 0 Å². The first kappa shape index (κ1) is 17.2. The molecule has 0 aliphatic heterocycles. The Balaban J connectivity index is 4.16. The Bertz CT molecular complexity index is 352. The zero-order valence-corrected chi connectivity index (χ0v) is 10.9. The second-order valence-electron chi connectivity index (χ2n) is 3.50. The van der Waals surface area contributed by atoms with Gasteiger partial charge in [-0.15, -0.1) is 0 Å². The van der Waals surface area contributed by atoms with Gasteiger partial charge in [0.2, 0.25) is 5.91 Å². The van der Waals surface area contributed by atoms with E-state index in [4.69, 9.17) is 10.8 Å². The van der Waals surface area contributed by atoms with Gasteiger partial charge in [-0.2, -0.15) is 12.6 Å². The monoisotopic (exact) mass is 292 g/mol. The smallest absolute Gasteiger partial charge is 0.322 e. The Labute approximate surface area is 114 Å². The van der Waals surface area contributed by atoms with Gasteiger partial charge < -0.3 is 31.6 Å². The van der Waals surface area contributed by atoms with E-state index >= 15 is 0 Å². The van der Waals surface area contributed by atoms with Gasteiger partial charge in [-0.05, 0) is 0 Å². The number of rotatable bonds is 8. The summed E-state index contributed by atoms with van der Waals surface area (Å²) in [5.74, 6) is -1.89. The first-order chi connectivity index (χ1) is 8.90. The van der Waals surface area contributed by atoms with Crippen LogP contribution in [0.15, 0.2) is 0 Å². The second kappa shape index (κ2) is 9.16. The van der Waals surface area contributed by atoms with Gasteiger partial charge in [0.1, 0.15) is 18.9 Å². The van der Waals surface area contributed by atoms with Crippen molar-refractivity contribution in [3.05, 3.63) is 0 Å². The maximum atomic E-state index is 11.5. The molecule has 0 saturated carbocycles. The number of carbonyl (C=O) groups excluding carboxylic acids is 3. The van der Waals surface area contributed by atoms with E-state index in [1.807, 2.05) is 0 Å². The van der Waals surface area contributed by atoms with E-state index in [0.29, 0.717) is 6.29 Å². The summed E-state index contributed by atoms with van der Waals surface area (Å²) in [7, 11) is 0. The number of aliphatic carboxylic acids is 1. The van der Waals surface area contributed by atoms with Crippen LogP contribution in [0.2, 0.25) is 0 Å². The molecule has 0 aliphatic rings. The molecule has 0 heterocycles. The molecule has 0 aromatic heterocycles. The lowest BCUT2D eigenvalue weighted by Crippen LogP contribution is -2.53. The number of urea groups is 1. The number of amides is 3. The van der Waals surface area contributed by atoms with E-state index in [1.165, 1.54) is 0 Å². The van der Waals surface area contributed by atoms with Gasteiger partial charge in [-0.1, -0.05) is 0 Å². The Hall–Kier alpha value is -1.81. The quantitative estimate of drug-likeness (QED) is 0.212. The molecule has 3 amide bonds. The molecule has 9 nitrogen and oxygen atoms in total. The Morgan fingerprint density at radius 3 is 2.42 bits per heavy atom. The summed E-state index contributed by atoms with van der Waals surface area (Å²) in [6.45, 7) is -0.631. The van der Waals surface area contributed by atoms with Crippen LogP contribution in [-0.4, -0.2) is 60.2 Å². The van der Waals surface area contributed by atoms with Gasteiger partial charge >= 0.3 is 12.0 Å².